The number of benzene rings is 1. The highest BCUT2D eigenvalue weighted by molar-refractivity contribution is 5.93. The van der Waals surface area contributed by atoms with Gasteiger partial charge in [-0.2, -0.15) is 0 Å². The summed E-state index contributed by atoms with van der Waals surface area (Å²) < 4.78 is 5.16. The Morgan fingerprint density at radius 2 is 2.27 bits per heavy atom. The molecule has 0 aromatic heterocycles. The number of ether oxygens (including phenoxy) is 1. The minimum Gasteiger partial charge on any atom is -0.497 e. The molecular weight excluding hydrogens is 192 g/mol. The minimum atomic E-state index is -0.139. The summed E-state index contributed by atoms with van der Waals surface area (Å²) in [7, 11) is 1.64. The Morgan fingerprint density at radius 3 is 2.93 bits per heavy atom. The Balaban J connectivity index is 2.42. The van der Waals surface area contributed by atoms with Gasteiger partial charge < -0.3 is 15.4 Å². The van der Waals surface area contributed by atoms with Crippen LogP contribution in [0.25, 0.3) is 0 Å². The Hall–Kier alpha value is -1.71. The number of nitrogens with one attached hydrogen (secondary N) is 2. The molecule has 0 saturated carbocycles. The van der Waals surface area contributed by atoms with E-state index in [2.05, 4.69) is 10.6 Å². The molecule has 1 atom stereocenters. The summed E-state index contributed by atoms with van der Waals surface area (Å²) >= 11 is 0. The number of fused-ring (bicyclic) bond motifs is 1. The molecule has 2 amide bonds. The highest BCUT2D eigenvalue weighted by Crippen LogP contribution is 2.31. The Morgan fingerprint density at radius 1 is 1.47 bits per heavy atom. The van der Waals surface area contributed by atoms with E-state index in [9.17, 15) is 4.79 Å². The van der Waals surface area contributed by atoms with Crippen molar-refractivity contribution < 1.29 is 9.53 Å². The average molecular weight is 206 g/mol. The summed E-state index contributed by atoms with van der Waals surface area (Å²) in [5, 5.41) is 5.64. The molecule has 1 aromatic carbocycles. The topological polar surface area (TPSA) is 50.4 Å². The summed E-state index contributed by atoms with van der Waals surface area (Å²) in [5.41, 5.74) is 1.95. The molecular formula is C11H14N2O2. The molecule has 0 bridgehead atoms. The van der Waals surface area contributed by atoms with Gasteiger partial charge in [-0.1, -0.05) is 6.92 Å². The van der Waals surface area contributed by atoms with Crippen molar-refractivity contribution in [3.63, 3.8) is 0 Å². The molecule has 0 fully saturated rings. The quantitative estimate of drug-likeness (QED) is 0.780. The minimum absolute atomic E-state index is 0.0730. The zero-order chi connectivity index (χ0) is 10.8. The maximum atomic E-state index is 11.3. The molecule has 4 nitrogen and oxygen atoms in total. The van der Waals surface area contributed by atoms with E-state index in [4.69, 9.17) is 4.74 Å². The smallest absolute Gasteiger partial charge is 0.319 e. The van der Waals surface area contributed by atoms with E-state index in [1.54, 1.807) is 7.11 Å². The Bertz CT molecular complexity index is 390. The molecule has 1 aliphatic heterocycles. The van der Waals surface area contributed by atoms with Gasteiger partial charge in [0.15, 0.2) is 0 Å². The highest BCUT2D eigenvalue weighted by Gasteiger charge is 2.22. The van der Waals surface area contributed by atoms with E-state index in [0.29, 0.717) is 0 Å². The highest BCUT2D eigenvalue weighted by atomic mass is 16.5. The number of methoxy groups -OCH3 is 1. The van der Waals surface area contributed by atoms with Crippen molar-refractivity contribution in [3.8, 4) is 5.75 Å². The molecule has 2 N–H and O–H groups in total. The van der Waals surface area contributed by atoms with Gasteiger partial charge in [-0.15, -0.1) is 0 Å². The largest absolute Gasteiger partial charge is 0.497 e. The van der Waals surface area contributed by atoms with Gasteiger partial charge in [-0.05, 0) is 24.6 Å². The summed E-state index contributed by atoms with van der Waals surface area (Å²) in [4.78, 5) is 11.3. The SMILES string of the molecule is CCC1NC(=O)Nc2ccc(OC)cc21. The maximum absolute atomic E-state index is 11.3. The first-order valence-corrected chi connectivity index (χ1v) is 5.00. The lowest BCUT2D eigenvalue weighted by Gasteiger charge is -2.26. The van der Waals surface area contributed by atoms with Crippen molar-refractivity contribution in [2.75, 3.05) is 12.4 Å². The van der Waals surface area contributed by atoms with Crippen molar-refractivity contribution >= 4 is 11.7 Å². The van der Waals surface area contributed by atoms with Gasteiger partial charge in [0.2, 0.25) is 0 Å². The molecule has 2 rings (SSSR count). The third kappa shape index (κ3) is 1.75. The zero-order valence-corrected chi connectivity index (χ0v) is 8.83. The fourth-order valence-corrected chi connectivity index (χ4v) is 1.79. The van der Waals surface area contributed by atoms with E-state index in [0.717, 1.165) is 23.4 Å². The number of hydrogen-bond acceptors (Lipinski definition) is 2. The Labute approximate surface area is 88.6 Å². The molecule has 80 valence electrons. The van der Waals surface area contributed by atoms with Gasteiger partial charge in [0, 0.05) is 11.3 Å². The van der Waals surface area contributed by atoms with Crippen LogP contribution in [0.5, 0.6) is 5.75 Å². The Kier molecular flexibility index (Phi) is 2.49. The summed E-state index contributed by atoms with van der Waals surface area (Å²) in [5.74, 6) is 0.810. The predicted octanol–water partition coefficient (Wildman–Crippen LogP) is 2.28. The maximum Gasteiger partial charge on any atom is 0.319 e. The van der Waals surface area contributed by atoms with Gasteiger partial charge in [0.1, 0.15) is 5.75 Å². The van der Waals surface area contributed by atoms with Crippen LogP contribution in [0, 0.1) is 0 Å². The second-order valence-corrected chi connectivity index (χ2v) is 3.51. The van der Waals surface area contributed by atoms with E-state index in [1.165, 1.54) is 0 Å². The van der Waals surface area contributed by atoms with Crippen LogP contribution in [-0.4, -0.2) is 13.1 Å². The van der Waals surface area contributed by atoms with Gasteiger partial charge in [-0.25, -0.2) is 4.79 Å². The molecule has 1 heterocycles. The first-order chi connectivity index (χ1) is 7.24. The number of hydrogen-bond donors (Lipinski definition) is 2. The third-order valence-electron chi connectivity index (χ3n) is 2.60. The monoisotopic (exact) mass is 206 g/mol. The lowest BCUT2D eigenvalue weighted by atomic mass is 10.0. The van der Waals surface area contributed by atoms with Crippen LogP contribution in [0.15, 0.2) is 18.2 Å². The van der Waals surface area contributed by atoms with E-state index in [-0.39, 0.29) is 12.1 Å². The van der Waals surface area contributed by atoms with Crippen molar-refractivity contribution in [1.82, 2.24) is 5.32 Å². The predicted molar refractivity (Wildman–Crippen MR) is 58.2 cm³/mol. The summed E-state index contributed by atoms with van der Waals surface area (Å²) in [6.45, 7) is 2.04. The number of carbonyl (C=O) groups is 1. The fourth-order valence-electron chi connectivity index (χ4n) is 1.79. The van der Waals surface area contributed by atoms with Crippen molar-refractivity contribution in [2.45, 2.75) is 19.4 Å². The molecule has 0 saturated heterocycles. The number of carbonyl (C=O) groups excluding carboxylic acids is 1. The standard InChI is InChI=1S/C11H14N2O2/c1-3-9-8-6-7(15-2)4-5-10(8)13-11(14)12-9/h4-6,9H,3H2,1-2H3,(H2,12,13,14). The van der Waals surface area contributed by atoms with E-state index < -0.39 is 0 Å². The van der Waals surface area contributed by atoms with Crippen LogP contribution < -0.4 is 15.4 Å². The number of rotatable bonds is 2. The van der Waals surface area contributed by atoms with Crippen molar-refractivity contribution in [1.29, 1.82) is 0 Å². The van der Waals surface area contributed by atoms with Crippen LogP contribution in [0.1, 0.15) is 24.9 Å². The number of anilines is 1. The zero-order valence-electron chi connectivity index (χ0n) is 8.83. The van der Waals surface area contributed by atoms with Crippen LogP contribution in [0.4, 0.5) is 10.5 Å². The normalized spacial score (nSPS) is 18.8. The lowest BCUT2D eigenvalue weighted by molar-refractivity contribution is 0.247. The average Bonchev–Trinajstić information content (AvgIpc) is 2.27. The second-order valence-electron chi connectivity index (χ2n) is 3.51. The fraction of sp³-hybridized carbons (Fsp3) is 0.364. The lowest BCUT2D eigenvalue weighted by Crippen LogP contribution is -2.37. The molecule has 0 spiro atoms. The van der Waals surface area contributed by atoms with Gasteiger partial charge in [-0.3, -0.25) is 0 Å². The number of urea groups is 1. The van der Waals surface area contributed by atoms with Crippen molar-refractivity contribution in [3.05, 3.63) is 23.8 Å². The van der Waals surface area contributed by atoms with Crippen LogP contribution in [-0.2, 0) is 0 Å². The first-order valence-electron chi connectivity index (χ1n) is 5.00. The van der Waals surface area contributed by atoms with Gasteiger partial charge >= 0.3 is 6.03 Å². The first kappa shape index (κ1) is 9.83. The third-order valence-corrected chi connectivity index (χ3v) is 2.60. The molecule has 0 aliphatic carbocycles. The van der Waals surface area contributed by atoms with Crippen LogP contribution in [0.3, 0.4) is 0 Å². The molecule has 15 heavy (non-hydrogen) atoms. The molecule has 1 unspecified atom stereocenters. The molecule has 1 aromatic rings. The van der Waals surface area contributed by atoms with Crippen LogP contribution >= 0.6 is 0 Å². The van der Waals surface area contributed by atoms with E-state index >= 15 is 0 Å². The van der Waals surface area contributed by atoms with E-state index in [1.807, 2.05) is 25.1 Å². The summed E-state index contributed by atoms with van der Waals surface area (Å²) in [6, 6.07) is 5.60. The number of amides is 2. The van der Waals surface area contributed by atoms with Crippen LogP contribution in [0.2, 0.25) is 0 Å². The summed E-state index contributed by atoms with van der Waals surface area (Å²) in [6.07, 6.45) is 0.869. The van der Waals surface area contributed by atoms with Crippen molar-refractivity contribution in [2.24, 2.45) is 0 Å². The molecule has 0 radical (unpaired) electrons. The second kappa shape index (κ2) is 3.81. The van der Waals surface area contributed by atoms with Gasteiger partial charge in [0.05, 0.1) is 13.2 Å². The molecule has 4 heteroatoms. The van der Waals surface area contributed by atoms with Gasteiger partial charge in [0.25, 0.3) is 0 Å². The molecule has 1 aliphatic rings.